The third-order valence-corrected chi connectivity index (χ3v) is 3.77. The van der Waals surface area contributed by atoms with Crippen LogP contribution in [0.4, 0.5) is 0 Å². The van der Waals surface area contributed by atoms with E-state index in [0.717, 1.165) is 24.9 Å². The van der Waals surface area contributed by atoms with E-state index in [1.165, 1.54) is 7.11 Å². The number of pyridine rings is 1. The van der Waals surface area contributed by atoms with Crippen molar-refractivity contribution in [2.45, 2.75) is 18.8 Å². The lowest BCUT2D eigenvalue weighted by atomic mass is 9.98. The molecule has 0 aliphatic carbocycles. The Morgan fingerprint density at radius 3 is 3.05 bits per heavy atom. The standard InChI is InChI=1S/C15H18N4O3/c1-21-10-13(20)19-8-2-3-12(9-19)15-17-14(18-22-15)11-4-6-16-7-5-11/h4-7,12H,2-3,8-10H2,1H3/t12-/m0/s1. The molecule has 1 atom stereocenters. The van der Waals surface area contributed by atoms with E-state index in [1.807, 2.05) is 12.1 Å². The predicted octanol–water partition coefficient (Wildman–Crippen LogP) is 1.48. The van der Waals surface area contributed by atoms with Crippen LogP contribution in [0.3, 0.4) is 0 Å². The van der Waals surface area contributed by atoms with Gasteiger partial charge in [-0.05, 0) is 25.0 Å². The predicted molar refractivity (Wildman–Crippen MR) is 78.0 cm³/mol. The molecule has 3 rings (SSSR count). The van der Waals surface area contributed by atoms with Crippen LogP contribution in [0.2, 0.25) is 0 Å². The Morgan fingerprint density at radius 1 is 1.45 bits per heavy atom. The average molecular weight is 302 g/mol. The van der Waals surface area contributed by atoms with E-state index in [9.17, 15) is 4.79 Å². The minimum Gasteiger partial charge on any atom is -0.375 e. The molecule has 1 aliphatic heterocycles. The van der Waals surface area contributed by atoms with Gasteiger partial charge < -0.3 is 14.2 Å². The molecule has 1 amide bonds. The molecule has 0 aromatic carbocycles. The van der Waals surface area contributed by atoms with E-state index >= 15 is 0 Å². The van der Waals surface area contributed by atoms with Crippen molar-refractivity contribution in [3.63, 3.8) is 0 Å². The van der Waals surface area contributed by atoms with Gasteiger partial charge in [-0.3, -0.25) is 9.78 Å². The molecular formula is C15H18N4O3. The van der Waals surface area contributed by atoms with Crippen molar-refractivity contribution >= 4 is 5.91 Å². The second kappa shape index (κ2) is 6.65. The zero-order chi connectivity index (χ0) is 15.4. The molecular weight excluding hydrogens is 284 g/mol. The summed E-state index contributed by atoms with van der Waals surface area (Å²) in [5.41, 5.74) is 0.869. The highest BCUT2D eigenvalue weighted by Gasteiger charge is 2.28. The lowest BCUT2D eigenvalue weighted by Crippen LogP contribution is -2.40. The highest BCUT2D eigenvalue weighted by molar-refractivity contribution is 5.77. The zero-order valence-electron chi connectivity index (χ0n) is 12.4. The molecule has 116 valence electrons. The van der Waals surface area contributed by atoms with Crippen LogP contribution in [-0.4, -0.2) is 52.7 Å². The molecule has 2 aromatic heterocycles. The second-order valence-electron chi connectivity index (χ2n) is 5.30. The molecule has 7 heteroatoms. The molecule has 7 nitrogen and oxygen atoms in total. The van der Waals surface area contributed by atoms with Crippen molar-refractivity contribution in [1.29, 1.82) is 0 Å². The van der Waals surface area contributed by atoms with Crippen LogP contribution >= 0.6 is 0 Å². The summed E-state index contributed by atoms with van der Waals surface area (Å²) in [6.45, 7) is 1.46. The van der Waals surface area contributed by atoms with E-state index in [4.69, 9.17) is 9.26 Å². The summed E-state index contributed by atoms with van der Waals surface area (Å²) in [5.74, 6) is 1.22. The first-order valence-electron chi connectivity index (χ1n) is 7.28. The quantitative estimate of drug-likeness (QED) is 0.851. The second-order valence-corrected chi connectivity index (χ2v) is 5.30. The molecule has 0 spiro atoms. The Labute approximate surface area is 128 Å². The number of hydrogen-bond donors (Lipinski definition) is 0. The number of carbonyl (C=O) groups is 1. The summed E-state index contributed by atoms with van der Waals surface area (Å²) in [6, 6.07) is 3.67. The zero-order valence-corrected chi connectivity index (χ0v) is 12.4. The van der Waals surface area contributed by atoms with Gasteiger partial charge in [0.05, 0.1) is 5.92 Å². The summed E-state index contributed by atoms with van der Waals surface area (Å²) in [5, 5.41) is 4.03. The van der Waals surface area contributed by atoms with Crippen LogP contribution in [0, 0.1) is 0 Å². The summed E-state index contributed by atoms with van der Waals surface area (Å²) >= 11 is 0. The smallest absolute Gasteiger partial charge is 0.248 e. The van der Waals surface area contributed by atoms with Gasteiger partial charge in [-0.15, -0.1) is 0 Å². The molecule has 0 bridgehead atoms. The Balaban J connectivity index is 1.72. The van der Waals surface area contributed by atoms with Gasteiger partial charge in [-0.1, -0.05) is 5.16 Å². The van der Waals surface area contributed by atoms with E-state index in [1.54, 1.807) is 17.3 Å². The van der Waals surface area contributed by atoms with Crippen LogP contribution < -0.4 is 0 Å². The third kappa shape index (κ3) is 3.14. The fraction of sp³-hybridized carbons (Fsp3) is 0.467. The Kier molecular flexibility index (Phi) is 4.43. The first kappa shape index (κ1) is 14.6. The van der Waals surface area contributed by atoms with Crippen LogP contribution in [-0.2, 0) is 9.53 Å². The molecule has 3 heterocycles. The highest BCUT2D eigenvalue weighted by Crippen LogP contribution is 2.27. The van der Waals surface area contributed by atoms with Gasteiger partial charge in [0, 0.05) is 38.2 Å². The van der Waals surface area contributed by atoms with Gasteiger partial charge >= 0.3 is 0 Å². The average Bonchev–Trinajstić information content (AvgIpc) is 3.06. The van der Waals surface area contributed by atoms with Crippen molar-refractivity contribution in [3.05, 3.63) is 30.4 Å². The van der Waals surface area contributed by atoms with Crippen molar-refractivity contribution in [2.75, 3.05) is 26.8 Å². The first-order chi connectivity index (χ1) is 10.8. The van der Waals surface area contributed by atoms with Gasteiger partial charge in [0.1, 0.15) is 6.61 Å². The minimum atomic E-state index is 0.000993. The molecule has 2 aromatic rings. The van der Waals surface area contributed by atoms with E-state index in [2.05, 4.69) is 15.1 Å². The first-order valence-corrected chi connectivity index (χ1v) is 7.28. The van der Waals surface area contributed by atoms with Gasteiger partial charge in [0.25, 0.3) is 0 Å². The van der Waals surface area contributed by atoms with E-state index < -0.39 is 0 Å². The normalized spacial score (nSPS) is 18.4. The number of aromatic nitrogens is 3. The Morgan fingerprint density at radius 2 is 2.27 bits per heavy atom. The summed E-state index contributed by atoms with van der Waals surface area (Å²) in [4.78, 5) is 22.2. The minimum absolute atomic E-state index is 0.000993. The highest BCUT2D eigenvalue weighted by atomic mass is 16.5. The molecule has 0 unspecified atom stereocenters. The van der Waals surface area contributed by atoms with Gasteiger partial charge in [-0.2, -0.15) is 4.98 Å². The molecule has 0 radical (unpaired) electrons. The Hall–Kier alpha value is -2.28. The topological polar surface area (TPSA) is 81.4 Å². The van der Waals surface area contributed by atoms with Crippen LogP contribution in [0.25, 0.3) is 11.4 Å². The number of hydrogen-bond acceptors (Lipinski definition) is 6. The number of amides is 1. The lowest BCUT2D eigenvalue weighted by molar-refractivity contribution is -0.136. The number of carbonyl (C=O) groups excluding carboxylic acids is 1. The molecule has 0 saturated carbocycles. The summed E-state index contributed by atoms with van der Waals surface area (Å²) in [7, 11) is 1.53. The number of nitrogens with zero attached hydrogens (tertiary/aromatic N) is 4. The van der Waals surface area contributed by atoms with Gasteiger partial charge in [0.2, 0.25) is 17.6 Å². The largest absolute Gasteiger partial charge is 0.375 e. The van der Waals surface area contributed by atoms with Crippen LogP contribution in [0.15, 0.2) is 29.0 Å². The monoisotopic (exact) mass is 302 g/mol. The maximum absolute atomic E-state index is 11.9. The summed E-state index contributed by atoms with van der Waals surface area (Å²) in [6.07, 6.45) is 5.25. The van der Waals surface area contributed by atoms with Crippen LogP contribution in [0.5, 0.6) is 0 Å². The molecule has 1 saturated heterocycles. The number of rotatable bonds is 4. The molecule has 0 N–H and O–H groups in total. The third-order valence-electron chi connectivity index (χ3n) is 3.77. The molecule has 1 fully saturated rings. The fourth-order valence-electron chi connectivity index (χ4n) is 2.64. The summed E-state index contributed by atoms with van der Waals surface area (Å²) < 4.78 is 10.3. The van der Waals surface area contributed by atoms with Crippen molar-refractivity contribution in [3.8, 4) is 11.4 Å². The fourth-order valence-corrected chi connectivity index (χ4v) is 2.64. The number of likely N-dealkylation sites (tertiary alicyclic amines) is 1. The Bertz CT molecular complexity index is 629. The van der Waals surface area contributed by atoms with Gasteiger partial charge in [0.15, 0.2) is 0 Å². The van der Waals surface area contributed by atoms with E-state index in [0.29, 0.717) is 18.3 Å². The maximum Gasteiger partial charge on any atom is 0.248 e. The number of methoxy groups -OCH3 is 1. The maximum atomic E-state index is 11.9. The van der Waals surface area contributed by atoms with Crippen LogP contribution in [0.1, 0.15) is 24.7 Å². The number of ether oxygens (including phenoxy) is 1. The number of piperidine rings is 1. The molecule has 1 aliphatic rings. The van der Waals surface area contributed by atoms with E-state index in [-0.39, 0.29) is 18.4 Å². The lowest BCUT2D eigenvalue weighted by Gasteiger charge is -2.30. The molecule has 22 heavy (non-hydrogen) atoms. The van der Waals surface area contributed by atoms with Crippen molar-refractivity contribution in [2.24, 2.45) is 0 Å². The van der Waals surface area contributed by atoms with Crippen molar-refractivity contribution in [1.82, 2.24) is 20.0 Å². The van der Waals surface area contributed by atoms with Crippen molar-refractivity contribution < 1.29 is 14.1 Å². The van der Waals surface area contributed by atoms with Gasteiger partial charge in [-0.25, -0.2) is 0 Å². The SMILES string of the molecule is COCC(=O)N1CCC[C@H](c2nc(-c3ccncc3)no2)C1.